The fraction of sp³-hybridized carbons (Fsp3) is 0.571. The maximum Gasteiger partial charge on any atom is 0.161 e. The number of nitrogens with zero attached hydrogens (tertiary/aromatic N) is 2. The molecule has 1 saturated heterocycles. The summed E-state index contributed by atoms with van der Waals surface area (Å²) in [6.07, 6.45) is 1.63. The van der Waals surface area contributed by atoms with Crippen molar-refractivity contribution in [2.75, 3.05) is 39.8 Å². The number of rotatable bonds is 4. The molecule has 5 nitrogen and oxygen atoms in total. The third-order valence-corrected chi connectivity index (χ3v) is 3.69. The lowest BCUT2D eigenvalue weighted by atomic mass is 10.1. The van der Waals surface area contributed by atoms with E-state index in [1.807, 2.05) is 0 Å². The number of hydrogen-bond acceptors (Lipinski definition) is 5. The lowest BCUT2D eigenvalue weighted by Gasteiger charge is -2.32. The zero-order valence-corrected chi connectivity index (χ0v) is 11.3. The van der Waals surface area contributed by atoms with Gasteiger partial charge in [0.15, 0.2) is 11.5 Å². The normalized spacial score (nSPS) is 17.7. The molecule has 2 rings (SSSR count). The third-order valence-electron chi connectivity index (χ3n) is 3.69. The fourth-order valence-electron chi connectivity index (χ4n) is 2.37. The van der Waals surface area contributed by atoms with Gasteiger partial charge >= 0.3 is 0 Å². The van der Waals surface area contributed by atoms with Crippen molar-refractivity contribution in [2.45, 2.75) is 12.8 Å². The van der Waals surface area contributed by atoms with Crippen molar-refractivity contribution in [3.63, 3.8) is 0 Å². The Bertz CT molecular complexity index is 429. The van der Waals surface area contributed by atoms with Crippen LogP contribution >= 0.6 is 0 Å². The number of phenols is 3. The molecular weight excluding hydrogens is 244 g/mol. The van der Waals surface area contributed by atoms with Crippen LogP contribution in [0.15, 0.2) is 12.1 Å². The summed E-state index contributed by atoms with van der Waals surface area (Å²) in [4.78, 5) is 4.73. The van der Waals surface area contributed by atoms with Crippen molar-refractivity contribution in [1.29, 1.82) is 0 Å². The Balaban J connectivity index is 1.81. The van der Waals surface area contributed by atoms with Crippen molar-refractivity contribution in [3.8, 4) is 17.2 Å². The summed E-state index contributed by atoms with van der Waals surface area (Å²) in [6, 6.07) is 2.63. The van der Waals surface area contributed by atoms with Crippen LogP contribution in [-0.2, 0) is 6.42 Å². The van der Waals surface area contributed by atoms with E-state index in [1.54, 1.807) is 0 Å². The minimum atomic E-state index is -0.277. The highest BCUT2D eigenvalue weighted by Gasteiger charge is 2.13. The first-order valence-corrected chi connectivity index (χ1v) is 6.71. The van der Waals surface area contributed by atoms with Gasteiger partial charge in [0.2, 0.25) is 0 Å². The number of aryl methyl sites for hydroxylation is 1. The standard InChI is InChI=1S/C14H22N2O3/c1-15-5-7-16(8-6-15)4-2-3-11-9-13(18)14(19)10-12(11)17/h9-10,17-19H,2-8H2,1H3. The minimum absolute atomic E-state index is 0.0497. The molecule has 0 aromatic heterocycles. The van der Waals surface area contributed by atoms with Crippen LogP contribution in [-0.4, -0.2) is 64.9 Å². The topological polar surface area (TPSA) is 67.2 Å². The van der Waals surface area contributed by atoms with Gasteiger partial charge in [-0.15, -0.1) is 0 Å². The molecule has 5 heteroatoms. The van der Waals surface area contributed by atoms with Gasteiger partial charge in [0.05, 0.1) is 0 Å². The summed E-state index contributed by atoms with van der Waals surface area (Å²) < 4.78 is 0. The molecule has 1 aliphatic rings. The van der Waals surface area contributed by atoms with Crippen LogP contribution in [0.25, 0.3) is 0 Å². The molecular formula is C14H22N2O3. The fourth-order valence-corrected chi connectivity index (χ4v) is 2.37. The van der Waals surface area contributed by atoms with E-state index >= 15 is 0 Å². The van der Waals surface area contributed by atoms with E-state index in [4.69, 9.17) is 0 Å². The molecule has 1 heterocycles. The summed E-state index contributed by atoms with van der Waals surface area (Å²) in [6.45, 7) is 5.37. The van der Waals surface area contributed by atoms with Gasteiger partial charge in [-0.2, -0.15) is 0 Å². The van der Waals surface area contributed by atoms with E-state index in [0.717, 1.165) is 39.1 Å². The van der Waals surface area contributed by atoms with Crippen LogP contribution in [0.4, 0.5) is 0 Å². The highest BCUT2D eigenvalue weighted by Crippen LogP contribution is 2.32. The molecule has 0 atom stereocenters. The van der Waals surface area contributed by atoms with Crippen LogP contribution in [0.1, 0.15) is 12.0 Å². The van der Waals surface area contributed by atoms with Gasteiger partial charge in [-0.3, -0.25) is 0 Å². The van der Waals surface area contributed by atoms with Crippen LogP contribution in [0.2, 0.25) is 0 Å². The molecule has 0 bridgehead atoms. The van der Waals surface area contributed by atoms with E-state index < -0.39 is 0 Å². The summed E-state index contributed by atoms with van der Waals surface area (Å²) in [7, 11) is 2.13. The monoisotopic (exact) mass is 266 g/mol. The van der Waals surface area contributed by atoms with Gasteiger partial charge in [-0.25, -0.2) is 0 Å². The van der Waals surface area contributed by atoms with E-state index in [9.17, 15) is 15.3 Å². The van der Waals surface area contributed by atoms with E-state index in [-0.39, 0.29) is 17.2 Å². The van der Waals surface area contributed by atoms with Crippen LogP contribution in [0.5, 0.6) is 17.2 Å². The van der Waals surface area contributed by atoms with Crippen LogP contribution < -0.4 is 0 Å². The second-order valence-corrected chi connectivity index (χ2v) is 5.22. The number of phenolic OH excluding ortho intramolecular Hbond substituents is 3. The maximum absolute atomic E-state index is 9.70. The summed E-state index contributed by atoms with van der Waals surface area (Å²) in [5.41, 5.74) is 0.685. The van der Waals surface area contributed by atoms with Gasteiger partial charge in [-0.05, 0) is 38.1 Å². The summed E-state index contributed by atoms with van der Waals surface area (Å²) >= 11 is 0. The third kappa shape index (κ3) is 3.75. The summed E-state index contributed by atoms with van der Waals surface area (Å²) in [5.74, 6) is -0.401. The van der Waals surface area contributed by atoms with Crippen molar-refractivity contribution in [3.05, 3.63) is 17.7 Å². The van der Waals surface area contributed by atoms with Gasteiger partial charge in [0.25, 0.3) is 0 Å². The highest BCUT2D eigenvalue weighted by atomic mass is 16.3. The second kappa shape index (κ2) is 6.12. The van der Waals surface area contributed by atoms with Crippen molar-refractivity contribution < 1.29 is 15.3 Å². The van der Waals surface area contributed by atoms with Crippen molar-refractivity contribution >= 4 is 0 Å². The Hall–Kier alpha value is -1.46. The molecule has 106 valence electrons. The number of benzene rings is 1. The van der Waals surface area contributed by atoms with Crippen LogP contribution in [0.3, 0.4) is 0 Å². The van der Waals surface area contributed by atoms with E-state index in [0.29, 0.717) is 12.0 Å². The van der Waals surface area contributed by atoms with Gasteiger partial charge in [-0.1, -0.05) is 0 Å². The van der Waals surface area contributed by atoms with Gasteiger partial charge in [0, 0.05) is 32.2 Å². The van der Waals surface area contributed by atoms with Gasteiger partial charge < -0.3 is 25.1 Å². The highest BCUT2D eigenvalue weighted by molar-refractivity contribution is 5.48. The first-order valence-electron chi connectivity index (χ1n) is 6.71. The molecule has 3 N–H and O–H groups in total. The lowest BCUT2D eigenvalue weighted by Crippen LogP contribution is -2.44. The molecule has 1 aromatic rings. The molecule has 0 saturated carbocycles. The largest absolute Gasteiger partial charge is 0.508 e. The Kier molecular flexibility index (Phi) is 4.50. The maximum atomic E-state index is 9.70. The predicted octanol–water partition coefficient (Wildman–Crippen LogP) is 0.983. The molecule has 0 amide bonds. The Morgan fingerprint density at radius 3 is 2.26 bits per heavy atom. The Morgan fingerprint density at radius 1 is 0.947 bits per heavy atom. The zero-order chi connectivity index (χ0) is 13.8. The number of aromatic hydroxyl groups is 3. The second-order valence-electron chi connectivity index (χ2n) is 5.22. The number of hydrogen-bond donors (Lipinski definition) is 3. The molecule has 0 spiro atoms. The van der Waals surface area contributed by atoms with E-state index in [2.05, 4.69) is 16.8 Å². The van der Waals surface area contributed by atoms with Crippen LogP contribution in [0, 0.1) is 0 Å². The zero-order valence-electron chi connectivity index (χ0n) is 11.3. The minimum Gasteiger partial charge on any atom is -0.508 e. The molecule has 0 aliphatic carbocycles. The quantitative estimate of drug-likeness (QED) is 0.560. The average Bonchev–Trinajstić information content (AvgIpc) is 2.38. The Labute approximate surface area is 113 Å². The number of likely N-dealkylation sites (N-methyl/N-ethyl adjacent to an activating group) is 1. The molecule has 1 fully saturated rings. The van der Waals surface area contributed by atoms with Crippen molar-refractivity contribution in [1.82, 2.24) is 9.80 Å². The van der Waals surface area contributed by atoms with Crippen molar-refractivity contribution in [2.24, 2.45) is 0 Å². The van der Waals surface area contributed by atoms with E-state index in [1.165, 1.54) is 12.1 Å². The number of piperazine rings is 1. The molecule has 0 radical (unpaired) electrons. The Morgan fingerprint density at radius 2 is 1.58 bits per heavy atom. The molecule has 19 heavy (non-hydrogen) atoms. The first kappa shape index (κ1) is 14.0. The van der Waals surface area contributed by atoms with Gasteiger partial charge in [0.1, 0.15) is 5.75 Å². The molecule has 1 aliphatic heterocycles. The predicted molar refractivity (Wildman–Crippen MR) is 73.7 cm³/mol. The SMILES string of the molecule is CN1CCN(CCCc2cc(O)c(O)cc2O)CC1. The molecule has 1 aromatic carbocycles. The lowest BCUT2D eigenvalue weighted by molar-refractivity contribution is 0.153. The summed E-state index contributed by atoms with van der Waals surface area (Å²) in [5, 5.41) is 28.4. The first-order chi connectivity index (χ1) is 9.06. The molecule has 0 unspecified atom stereocenters. The smallest absolute Gasteiger partial charge is 0.161 e. The average molecular weight is 266 g/mol.